The number of carbonyl (C=O) groups excluding carboxylic acids is 1. The fraction of sp³-hybridized carbons (Fsp3) is 0.438. The molecule has 1 aromatic rings. The summed E-state index contributed by atoms with van der Waals surface area (Å²) < 4.78 is 5.35. The van der Waals surface area contributed by atoms with Crippen LogP contribution in [-0.4, -0.2) is 44.2 Å². The van der Waals surface area contributed by atoms with Crippen molar-refractivity contribution >= 4 is 11.6 Å². The van der Waals surface area contributed by atoms with Crippen LogP contribution in [0.25, 0.3) is 0 Å². The van der Waals surface area contributed by atoms with Gasteiger partial charge < -0.3 is 14.5 Å². The second kappa shape index (κ2) is 6.97. The summed E-state index contributed by atoms with van der Waals surface area (Å²) in [7, 11) is 1.77. The molecule has 1 aliphatic rings. The van der Waals surface area contributed by atoms with Crippen LogP contribution in [-0.2, 0) is 16.1 Å². The van der Waals surface area contributed by atoms with Crippen LogP contribution in [0.4, 0.5) is 5.69 Å². The zero-order valence-electron chi connectivity index (χ0n) is 12.1. The van der Waals surface area contributed by atoms with Crippen LogP contribution < -0.4 is 4.90 Å². The van der Waals surface area contributed by atoms with E-state index in [1.807, 2.05) is 0 Å². The van der Waals surface area contributed by atoms with Gasteiger partial charge in [-0.1, -0.05) is 18.1 Å². The van der Waals surface area contributed by atoms with Crippen molar-refractivity contribution in [1.29, 1.82) is 0 Å². The van der Waals surface area contributed by atoms with Crippen LogP contribution in [0.2, 0.25) is 0 Å². The molecule has 0 bridgehead atoms. The van der Waals surface area contributed by atoms with E-state index < -0.39 is 0 Å². The fourth-order valence-electron chi connectivity index (χ4n) is 2.18. The van der Waals surface area contributed by atoms with Gasteiger partial charge in [0.05, 0.1) is 13.2 Å². The van der Waals surface area contributed by atoms with Gasteiger partial charge in [-0.3, -0.25) is 4.79 Å². The van der Waals surface area contributed by atoms with E-state index in [9.17, 15) is 4.79 Å². The first kappa shape index (κ1) is 14.4. The normalized spacial score (nSPS) is 14.4. The maximum atomic E-state index is 11.6. The first-order valence-corrected chi connectivity index (χ1v) is 6.80. The molecule has 0 radical (unpaired) electrons. The van der Waals surface area contributed by atoms with E-state index in [0.717, 1.165) is 31.9 Å². The molecule has 0 unspecified atom stereocenters. The Balaban J connectivity index is 1.96. The van der Waals surface area contributed by atoms with Crippen molar-refractivity contribution in [2.45, 2.75) is 13.5 Å². The van der Waals surface area contributed by atoms with E-state index in [1.54, 1.807) is 18.9 Å². The molecular weight excluding hydrogens is 252 g/mol. The number of carbonyl (C=O) groups is 1. The molecule has 0 N–H and O–H groups in total. The summed E-state index contributed by atoms with van der Waals surface area (Å²) in [6, 6.07) is 8.33. The highest BCUT2D eigenvalue weighted by molar-refractivity contribution is 5.93. The number of benzene rings is 1. The van der Waals surface area contributed by atoms with Crippen molar-refractivity contribution in [3.8, 4) is 11.8 Å². The van der Waals surface area contributed by atoms with Crippen LogP contribution in [0.1, 0.15) is 12.5 Å². The molecule has 4 nitrogen and oxygen atoms in total. The highest BCUT2D eigenvalue weighted by atomic mass is 16.5. The number of ether oxygens (including phenoxy) is 1. The Bertz CT molecular complexity index is 508. The van der Waals surface area contributed by atoms with Crippen LogP contribution in [0.5, 0.6) is 0 Å². The average molecular weight is 272 g/mol. The number of nitrogens with zero attached hydrogens (tertiary/aromatic N) is 2. The van der Waals surface area contributed by atoms with Gasteiger partial charge in [0, 0.05) is 32.4 Å². The van der Waals surface area contributed by atoms with E-state index in [4.69, 9.17) is 4.74 Å². The molecule has 0 atom stereocenters. The Morgan fingerprint density at radius 3 is 2.55 bits per heavy atom. The lowest BCUT2D eigenvalue weighted by Crippen LogP contribution is -2.36. The zero-order chi connectivity index (χ0) is 14.4. The fourth-order valence-corrected chi connectivity index (χ4v) is 2.18. The van der Waals surface area contributed by atoms with Gasteiger partial charge in [0.25, 0.3) is 5.91 Å². The first-order valence-electron chi connectivity index (χ1n) is 6.80. The second-order valence-corrected chi connectivity index (χ2v) is 4.80. The van der Waals surface area contributed by atoms with E-state index in [0.29, 0.717) is 6.54 Å². The molecular formula is C16H20N2O2. The Hall–Kier alpha value is -1.99. The third-order valence-corrected chi connectivity index (χ3v) is 3.31. The Morgan fingerprint density at radius 1 is 1.30 bits per heavy atom. The van der Waals surface area contributed by atoms with Gasteiger partial charge in [-0.15, -0.1) is 0 Å². The molecule has 0 spiro atoms. The molecule has 0 aliphatic carbocycles. The minimum absolute atomic E-state index is 0.148. The third kappa shape index (κ3) is 3.75. The molecule has 1 heterocycles. The molecule has 1 amide bonds. The van der Waals surface area contributed by atoms with Crippen molar-refractivity contribution in [1.82, 2.24) is 4.90 Å². The summed E-state index contributed by atoms with van der Waals surface area (Å²) in [5, 5.41) is 0. The number of hydrogen-bond donors (Lipinski definition) is 0. The zero-order valence-corrected chi connectivity index (χ0v) is 12.1. The van der Waals surface area contributed by atoms with Crippen LogP contribution >= 0.6 is 0 Å². The molecule has 0 aromatic heterocycles. The summed E-state index contributed by atoms with van der Waals surface area (Å²) in [4.78, 5) is 15.5. The average Bonchev–Trinajstić information content (AvgIpc) is 2.49. The van der Waals surface area contributed by atoms with Gasteiger partial charge in [-0.2, -0.15) is 0 Å². The van der Waals surface area contributed by atoms with Crippen molar-refractivity contribution in [3.05, 3.63) is 29.8 Å². The quantitative estimate of drug-likeness (QED) is 0.782. The number of amides is 1. The summed E-state index contributed by atoms with van der Waals surface area (Å²) in [6.07, 6.45) is 0. The van der Waals surface area contributed by atoms with Gasteiger partial charge >= 0.3 is 0 Å². The molecule has 1 aliphatic heterocycles. The van der Waals surface area contributed by atoms with Crippen molar-refractivity contribution in [2.24, 2.45) is 0 Å². The lowest BCUT2D eigenvalue weighted by Gasteiger charge is -2.29. The van der Waals surface area contributed by atoms with Crippen LogP contribution in [0, 0.1) is 11.8 Å². The predicted octanol–water partition coefficient (Wildman–Crippen LogP) is 1.50. The first-order chi connectivity index (χ1) is 9.70. The van der Waals surface area contributed by atoms with Gasteiger partial charge in [0.1, 0.15) is 0 Å². The number of hydrogen-bond acceptors (Lipinski definition) is 3. The lowest BCUT2D eigenvalue weighted by molar-refractivity contribution is -0.124. The van der Waals surface area contributed by atoms with Crippen molar-refractivity contribution in [3.63, 3.8) is 0 Å². The van der Waals surface area contributed by atoms with Gasteiger partial charge in [-0.05, 0) is 30.5 Å². The SMILES string of the molecule is CC#CC(=O)N(C)Cc1ccc(N2CCOCC2)cc1. The Labute approximate surface area is 120 Å². The van der Waals surface area contributed by atoms with Crippen molar-refractivity contribution in [2.75, 3.05) is 38.3 Å². The minimum atomic E-state index is -0.148. The monoisotopic (exact) mass is 272 g/mol. The minimum Gasteiger partial charge on any atom is -0.378 e. The van der Waals surface area contributed by atoms with E-state index in [-0.39, 0.29) is 5.91 Å². The maximum Gasteiger partial charge on any atom is 0.298 e. The Morgan fingerprint density at radius 2 is 1.95 bits per heavy atom. The number of rotatable bonds is 3. The topological polar surface area (TPSA) is 32.8 Å². The number of morpholine rings is 1. The largest absolute Gasteiger partial charge is 0.378 e. The summed E-state index contributed by atoms with van der Waals surface area (Å²) >= 11 is 0. The smallest absolute Gasteiger partial charge is 0.298 e. The summed E-state index contributed by atoms with van der Waals surface area (Å²) in [5.74, 6) is 5.02. The maximum absolute atomic E-state index is 11.6. The van der Waals surface area contributed by atoms with Crippen LogP contribution in [0.15, 0.2) is 24.3 Å². The molecule has 1 fully saturated rings. The molecule has 2 rings (SSSR count). The standard InChI is InChI=1S/C16H20N2O2/c1-3-4-16(19)17(2)13-14-5-7-15(8-6-14)18-9-11-20-12-10-18/h5-8H,9-13H2,1-2H3. The van der Waals surface area contributed by atoms with Crippen molar-refractivity contribution < 1.29 is 9.53 Å². The van der Waals surface area contributed by atoms with Gasteiger partial charge in [0.15, 0.2) is 0 Å². The molecule has 106 valence electrons. The molecule has 20 heavy (non-hydrogen) atoms. The molecule has 1 aromatic carbocycles. The highest BCUT2D eigenvalue weighted by Gasteiger charge is 2.11. The lowest BCUT2D eigenvalue weighted by atomic mass is 10.1. The number of anilines is 1. The predicted molar refractivity (Wildman–Crippen MR) is 79.4 cm³/mol. The van der Waals surface area contributed by atoms with Crippen LogP contribution in [0.3, 0.4) is 0 Å². The highest BCUT2D eigenvalue weighted by Crippen LogP contribution is 2.17. The third-order valence-electron chi connectivity index (χ3n) is 3.31. The van der Waals surface area contributed by atoms with Gasteiger partial charge in [-0.25, -0.2) is 0 Å². The summed E-state index contributed by atoms with van der Waals surface area (Å²) in [6.45, 7) is 5.69. The molecule has 1 saturated heterocycles. The Kier molecular flexibility index (Phi) is 5.03. The molecule has 4 heteroatoms. The summed E-state index contributed by atoms with van der Waals surface area (Å²) in [5.41, 5.74) is 2.31. The molecule has 0 saturated carbocycles. The van der Waals surface area contributed by atoms with E-state index in [2.05, 4.69) is 41.0 Å². The second-order valence-electron chi connectivity index (χ2n) is 4.80. The van der Waals surface area contributed by atoms with E-state index >= 15 is 0 Å². The van der Waals surface area contributed by atoms with E-state index in [1.165, 1.54) is 5.69 Å². The van der Waals surface area contributed by atoms with Gasteiger partial charge in [0.2, 0.25) is 0 Å².